The van der Waals surface area contributed by atoms with Gasteiger partial charge in [0.2, 0.25) is 0 Å². The molecule has 0 radical (unpaired) electrons. The van der Waals surface area contributed by atoms with E-state index >= 15 is 0 Å². The highest BCUT2D eigenvalue weighted by atomic mass is 32.1. The van der Waals surface area contributed by atoms with E-state index in [2.05, 4.69) is 87.0 Å². The standard InChI is InChI=1S/C74H108N4S6/c1-5-9-13-17-21-25-27-31-35-39-45-57(43-37-33-29-23-19-15-11-7-3)51-59-53-67(81-73(59)65-47-41-49-79-65)61-55-63-72(78-83-75-63)70-62(56-64-71(69(61)70)77-84-76-64)68-54-60(74(82-68)66-48-42-50-80-66)52-58(44-38-34-30-24-20-16-12-8-4)46-40-36-32-28-26-22-18-14-10-6-2/h41-42,47-50,53-58H,5-40,43-46,51-52H2,1-4H3. The summed E-state index contributed by atoms with van der Waals surface area (Å²) in [5.74, 6) is 1.40. The highest BCUT2D eigenvalue weighted by Gasteiger charge is 2.26. The summed E-state index contributed by atoms with van der Waals surface area (Å²) in [4.78, 5) is 8.36. The van der Waals surface area contributed by atoms with Crippen molar-refractivity contribution in [2.75, 3.05) is 0 Å². The van der Waals surface area contributed by atoms with Gasteiger partial charge in [-0.15, -0.1) is 45.3 Å². The van der Waals surface area contributed by atoms with Crippen molar-refractivity contribution in [3.8, 4) is 40.4 Å². The first-order valence-corrected chi connectivity index (χ1v) is 39.6. The van der Waals surface area contributed by atoms with Gasteiger partial charge in [-0.3, -0.25) is 0 Å². The number of hydrogen-bond donors (Lipinski definition) is 0. The summed E-state index contributed by atoms with van der Waals surface area (Å²) >= 11 is 10.5. The molecule has 4 nitrogen and oxygen atoms in total. The lowest BCUT2D eigenvalue weighted by atomic mass is 9.88. The summed E-state index contributed by atoms with van der Waals surface area (Å²) in [6.07, 6.45) is 57.6. The topological polar surface area (TPSA) is 51.6 Å². The molecule has 2 atom stereocenters. The van der Waals surface area contributed by atoms with Crippen LogP contribution in [0.25, 0.3) is 73.2 Å². The van der Waals surface area contributed by atoms with Gasteiger partial charge in [-0.25, -0.2) is 0 Å². The van der Waals surface area contributed by atoms with E-state index < -0.39 is 0 Å². The molecule has 0 N–H and O–H groups in total. The molecule has 0 bridgehead atoms. The van der Waals surface area contributed by atoms with Crippen LogP contribution in [-0.2, 0) is 12.8 Å². The number of fused-ring (bicyclic) bond motifs is 5. The van der Waals surface area contributed by atoms with Gasteiger partial charge in [0.1, 0.15) is 22.1 Å². The summed E-state index contributed by atoms with van der Waals surface area (Å²) in [7, 11) is 0. The van der Waals surface area contributed by atoms with E-state index in [9.17, 15) is 0 Å². The number of thiophene rings is 4. The van der Waals surface area contributed by atoms with Crippen LogP contribution in [0, 0.1) is 11.8 Å². The molecule has 10 heteroatoms. The van der Waals surface area contributed by atoms with Crippen molar-refractivity contribution in [1.82, 2.24) is 17.5 Å². The van der Waals surface area contributed by atoms with Crippen molar-refractivity contribution in [2.45, 2.75) is 297 Å². The Balaban J connectivity index is 1.09. The fraction of sp³-hybridized carbons (Fsp3) is 0.649. The summed E-state index contributed by atoms with van der Waals surface area (Å²) in [5.41, 5.74) is 9.53. The molecule has 0 spiro atoms. The van der Waals surface area contributed by atoms with Gasteiger partial charge in [-0.1, -0.05) is 297 Å². The van der Waals surface area contributed by atoms with Crippen LogP contribution in [0.3, 0.4) is 0 Å². The molecular formula is C74H108N4S6. The highest BCUT2D eigenvalue weighted by molar-refractivity contribution is 7.24. The van der Waals surface area contributed by atoms with Crippen LogP contribution in [-0.4, -0.2) is 17.5 Å². The van der Waals surface area contributed by atoms with Gasteiger partial charge in [0.05, 0.1) is 23.5 Å². The predicted octanol–water partition coefficient (Wildman–Crippen LogP) is 27.8. The third-order valence-corrected chi connectivity index (χ3v) is 24.0. The van der Waals surface area contributed by atoms with Crippen LogP contribution in [0.4, 0.5) is 0 Å². The van der Waals surface area contributed by atoms with Crippen LogP contribution in [0.1, 0.15) is 296 Å². The number of rotatable bonds is 48. The predicted molar refractivity (Wildman–Crippen MR) is 381 cm³/mol. The molecule has 6 heterocycles. The van der Waals surface area contributed by atoms with Crippen molar-refractivity contribution >= 4 is 102 Å². The molecule has 0 fully saturated rings. The molecule has 0 amide bonds. The lowest BCUT2D eigenvalue weighted by Gasteiger charge is -2.17. The van der Waals surface area contributed by atoms with Crippen LogP contribution in [0.2, 0.25) is 0 Å². The molecule has 0 aliphatic heterocycles. The molecule has 2 unspecified atom stereocenters. The Labute approximate surface area is 535 Å². The van der Waals surface area contributed by atoms with Crippen molar-refractivity contribution in [2.24, 2.45) is 11.8 Å². The molecule has 0 aliphatic rings. The Kier molecular flexibility index (Phi) is 31.3. The fourth-order valence-electron chi connectivity index (χ4n) is 13.4. The minimum Gasteiger partial charge on any atom is -0.173 e. The van der Waals surface area contributed by atoms with Crippen LogP contribution < -0.4 is 0 Å². The van der Waals surface area contributed by atoms with Gasteiger partial charge in [0.15, 0.2) is 0 Å². The molecular weight excluding hydrogens is 1140 g/mol. The van der Waals surface area contributed by atoms with Crippen LogP contribution >= 0.6 is 68.8 Å². The SMILES string of the molecule is CCCCCCCCCCCCC(CCCCCCCCCC)Cc1cc(-c2cc3nsnc3c3c(-c4cc(CC(CCCCCCCCCC)CCCCCCCCCCCC)c(-c5cccs5)s4)cc4nsnc4c23)sc1-c1cccs1. The number of nitrogens with zero attached hydrogens (tertiary/aromatic N) is 4. The maximum Gasteiger partial charge on any atom is 0.113 e. The van der Waals surface area contributed by atoms with Crippen molar-refractivity contribution in [3.05, 3.63) is 70.4 Å². The van der Waals surface area contributed by atoms with Crippen molar-refractivity contribution in [1.29, 1.82) is 0 Å². The van der Waals surface area contributed by atoms with E-state index in [1.165, 1.54) is 343 Å². The minimum atomic E-state index is 0.698. The largest absolute Gasteiger partial charge is 0.173 e. The van der Waals surface area contributed by atoms with E-state index in [0.717, 1.165) is 34.9 Å². The maximum absolute atomic E-state index is 5.16. The third-order valence-electron chi connectivity index (χ3n) is 18.4. The smallest absolute Gasteiger partial charge is 0.113 e. The first kappa shape index (κ1) is 67.1. The van der Waals surface area contributed by atoms with E-state index in [4.69, 9.17) is 17.5 Å². The molecule has 8 aromatic rings. The molecule has 0 saturated heterocycles. The third kappa shape index (κ3) is 21.2. The first-order valence-electron chi connectivity index (χ1n) is 34.8. The fourth-order valence-corrected chi connectivity index (χ4v) is 18.7. The normalized spacial score (nSPS) is 12.8. The Morgan fingerprint density at radius 1 is 0.333 bits per heavy atom. The van der Waals surface area contributed by atoms with Crippen molar-refractivity contribution < 1.29 is 0 Å². The number of aromatic nitrogens is 4. The quantitative estimate of drug-likeness (QED) is 0.0357. The van der Waals surface area contributed by atoms with E-state index in [0.29, 0.717) is 11.8 Å². The minimum absolute atomic E-state index is 0.698. The van der Waals surface area contributed by atoms with Gasteiger partial charge in [0.25, 0.3) is 0 Å². The molecule has 84 heavy (non-hydrogen) atoms. The molecule has 8 rings (SSSR count). The Morgan fingerprint density at radius 3 is 0.917 bits per heavy atom. The Bertz CT molecular complexity index is 2770. The lowest BCUT2D eigenvalue weighted by molar-refractivity contribution is 0.400. The molecule has 0 saturated carbocycles. The zero-order valence-electron chi connectivity index (χ0n) is 52.9. The second kappa shape index (κ2) is 39.2. The van der Waals surface area contributed by atoms with E-state index in [-0.39, 0.29) is 0 Å². The first-order chi connectivity index (χ1) is 41.6. The summed E-state index contributed by atoms with van der Waals surface area (Å²) in [5, 5.41) is 6.94. The molecule has 0 aliphatic carbocycles. The average molecular weight is 1250 g/mol. The molecule has 2 aromatic carbocycles. The van der Waals surface area contributed by atoms with Crippen molar-refractivity contribution in [3.63, 3.8) is 0 Å². The Hall–Kier alpha value is -2.86. The Morgan fingerprint density at radius 2 is 0.631 bits per heavy atom. The van der Waals surface area contributed by atoms with Crippen LogP contribution in [0.15, 0.2) is 59.3 Å². The van der Waals surface area contributed by atoms with Gasteiger partial charge < -0.3 is 0 Å². The zero-order valence-corrected chi connectivity index (χ0v) is 57.8. The second-order valence-electron chi connectivity index (χ2n) is 25.4. The molecule has 460 valence electrons. The number of benzene rings is 2. The van der Waals surface area contributed by atoms with Gasteiger partial charge in [-0.05, 0) is 83.0 Å². The van der Waals surface area contributed by atoms with Crippen LogP contribution in [0.5, 0.6) is 0 Å². The maximum atomic E-state index is 5.16. The van der Waals surface area contributed by atoms with Gasteiger partial charge >= 0.3 is 0 Å². The highest BCUT2D eigenvalue weighted by Crippen LogP contribution is 2.51. The summed E-state index contributed by atoms with van der Waals surface area (Å²) in [6.45, 7) is 9.31. The van der Waals surface area contributed by atoms with Gasteiger partial charge in [0, 0.05) is 51.2 Å². The summed E-state index contributed by atoms with van der Waals surface area (Å²) < 4.78 is 20.5. The zero-order chi connectivity index (χ0) is 58.2. The lowest BCUT2D eigenvalue weighted by Crippen LogP contribution is -2.05. The van der Waals surface area contributed by atoms with E-state index in [1.54, 1.807) is 0 Å². The average Bonchev–Trinajstić information content (AvgIpc) is 1.86. The number of unbranched alkanes of at least 4 members (excludes halogenated alkanes) is 32. The number of hydrogen-bond acceptors (Lipinski definition) is 10. The molecule has 6 aromatic heterocycles. The second-order valence-corrected chi connectivity index (χ2v) is 30.4. The van der Waals surface area contributed by atoms with E-state index in [1.807, 2.05) is 45.3 Å². The summed E-state index contributed by atoms with van der Waals surface area (Å²) in [6, 6.07) is 19.2. The monoisotopic (exact) mass is 1240 g/mol. The van der Waals surface area contributed by atoms with Gasteiger partial charge in [-0.2, -0.15) is 17.5 Å².